The van der Waals surface area contributed by atoms with Gasteiger partial charge in [0.2, 0.25) is 0 Å². The standard InChI is InChI=1S/C9H12BrNO/c1-9(2,3)12-7-4-5-8(10)11-6-7/h4-6H,1-3H3. The minimum absolute atomic E-state index is 0.157. The van der Waals surface area contributed by atoms with Crippen molar-refractivity contribution in [3.05, 3.63) is 22.9 Å². The summed E-state index contributed by atoms with van der Waals surface area (Å²) in [7, 11) is 0. The quantitative estimate of drug-likeness (QED) is 0.692. The number of rotatable bonds is 1. The van der Waals surface area contributed by atoms with Gasteiger partial charge in [-0.25, -0.2) is 4.98 Å². The van der Waals surface area contributed by atoms with Gasteiger partial charge in [-0.2, -0.15) is 0 Å². The summed E-state index contributed by atoms with van der Waals surface area (Å²) < 4.78 is 6.40. The number of aromatic nitrogens is 1. The Bertz CT molecular complexity index is 250. The maximum atomic E-state index is 5.57. The van der Waals surface area contributed by atoms with Gasteiger partial charge in [-0.15, -0.1) is 0 Å². The van der Waals surface area contributed by atoms with Crippen LogP contribution in [0.15, 0.2) is 22.9 Å². The molecule has 1 rings (SSSR count). The normalized spacial score (nSPS) is 11.3. The van der Waals surface area contributed by atoms with Crippen LogP contribution in [0.1, 0.15) is 20.8 Å². The molecule has 0 radical (unpaired) electrons. The Morgan fingerprint density at radius 3 is 2.42 bits per heavy atom. The topological polar surface area (TPSA) is 22.1 Å². The lowest BCUT2D eigenvalue weighted by molar-refractivity contribution is 0.130. The molecule has 66 valence electrons. The van der Waals surface area contributed by atoms with Gasteiger partial charge >= 0.3 is 0 Å². The molecule has 1 aromatic rings. The predicted octanol–water partition coefficient (Wildman–Crippen LogP) is 3.02. The van der Waals surface area contributed by atoms with Gasteiger partial charge in [-0.1, -0.05) is 0 Å². The Hall–Kier alpha value is -0.570. The van der Waals surface area contributed by atoms with Gasteiger partial charge in [0.05, 0.1) is 6.20 Å². The molecule has 12 heavy (non-hydrogen) atoms. The molecular formula is C9H12BrNO. The zero-order valence-electron chi connectivity index (χ0n) is 7.47. The zero-order valence-corrected chi connectivity index (χ0v) is 9.05. The summed E-state index contributed by atoms with van der Waals surface area (Å²) in [6, 6.07) is 3.75. The van der Waals surface area contributed by atoms with E-state index in [9.17, 15) is 0 Å². The lowest BCUT2D eigenvalue weighted by Crippen LogP contribution is -2.22. The summed E-state index contributed by atoms with van der Waals surface area (Å²) in [6.07, 6.45) is 1.70. The van der Waals surface area contributed by atoms with E-state index in [1.165, 1.54) is 0 Å². The maximum Gasteiger partial charge on any atom is 0.138 e. The smallest absolute Gasteiger partial charge is 0.138 e. The van der Waals surface area contributed by atoms with E-state index < -0.39 is 0 Å². The number of halogens is 1. The second-order valence-corrected chi connectivity index (χ2v) is 4.34. The van der Waals surface area contributed by atoms with Crippen molar-refractivity contribution in [3.8, 4) is 5.75 Å². The number of hydrogen-bond acceptors (Lipinski definition) is 2. The summed E-state index contributed by atoms with van der Waals surface area (Å²) in [4.78, 5) is 4.05. The molecule has 0 atom stereocenters. The third kappa shape index (κ3) is 3.22. The molecule has 0 unspecified atom stereocenters. The highest BCUT2D eigenvalue weighted by atomic mass is 79.9. The number of pyridine rings is 1. The van der Waals surface area contributed by atoms with Crippen LogP contribution < -0.4 is 4.74 Å². The average Bonchev–Trinajstić information content (AvgIpc) is 1.91. The van der Waals surface area contributed by atoms with Gasteiger partial charge in [-0.05, 0) is 48.8 Å². The van der Waals surface area contributed by atoms with E-state index in [1.54, 1.807) is 6.20 Å². The van der Waals surface area contributed by atoms with Crippen molar-refractivity contribution < 1.29 is 4.74 Å². The summed E-state index contributed by atoms with van der Waals surface area (Å²) in [6.45, 7) is 6.03. The molecule has 0 bridgehead atoms. The van der Waals surface area contributed by atoms with Crippen LogP contribution in [0, 0.1) is 0 Å². The fourth-order valence-corrected chi connectivity index (χ4v) is 1.01. The number of hydrogen-bond donors (Lipinski definition) is 0. The highest BCUT2D eigenvalue weighted by Gasteiger charge is 2.11. The SMILES string of the molecule is CC(C)(C)Oc1ccc(Br)nc1. The first-order valence-corrected chi connectivity index (χ1v) is 4.57. The van der Waals surface area contributed by atoms with E-state index >= 15 is 0 Å². The molecule has 0 saturated carbocycles. The molecule has 1 heterocycles. The Kier molecular flexibility index (Phi) is 2.73. The summed E-state index contributed by atoms with van der Waals surface area (Å²) in [5.74, 6) is 0.797. The molecule has 1 aromatic heterocycles. The van der Waals surface area contributed by atoms with E-state index in [4.69, 9.17) is 4.74 Å². The van der Waals surface area contributed by atoms with Crippen LogP contribution in [0.4, 0.5) is 0 Å². The van der Waals surface area contributed by atoms with Crippen molar-refractivity contribution in [1.29, 1.82) is 0 Å². The first kappa shape index (κ1) is 9.52. The van der Waals surface area contributed by atoms with E-state index in [0.717, 1.165) is 10.4 Å². The highest BCUT2D eigenvalue weighted by molar-refractivity contribution is 9.10. The fourth-order valence-electron chi connectivity index (χ4n) is 0.776. The fraction of sp³-hybridized carbons (Fsp3) is 0.444. The first-order valence-electron chi connectivity index (χ1n) is 3.78. The molecule has 0 spiro atoms. The molecule has 0 aromatic carbocycles. The van der Waals surface area contributed by atoms with Crippen LogP contribution in [0.5, 0.6) is 5.75 Å². The molecule has 0 saturated heterocycles. The maximum absolute atomic E-state index is 5.57. The molecule has 3 heteroatoms. The average molecular weight is 230 g/mol. The minimum Gasteiger partial charge on any atom is -0.487 e. The molecule has 0 N–H and O–H groups in total. The van der Waals surface area contributed by atoms with Gasteiger partial charge in [0, 0.05) is 0 Å². The molecule has 0 fully saturated rings. The summed E-state index contributed by atoms with van der Waals surface area (Å²) >= 11 is 3.26. The van der Waals surface area contributed by atoms with Crippen LogP contribution in [-0.2, 0) is 0 Å². The van der Waals surface area contributed by atoms with E-state index in [0.29, 0.717) is 0 Å². The second-order valence-electron chi connectivity index (χ2n) is 3.53. The van der Waals surface area contributed by atoms with E-state index in [1.807, 2.05) is 32.9 Å². The van der Waals surface area contributed by atoms with Gasteiger partial charge in [0.25, 0.3) is 0 Å². The van der Waals surface area contributed by atoms with Crippen LogP contribution in [0.3, 0.4) is 0 Å². The number of nitrogens with zero attached hydrogens (tertiary/aromatic N) is 1. The number of ether oxygens (including phenoxy) is 1. The van der Waals surface area contributed by atoms with Crippen molar-refractivity contribution in [3.63, 3.8) is 0 Å². The van der Waals surface area contributed by atoms with Crippen molar-refractivity contribution in [2.45, 2.75) is 26.4 Å². The minimum atomic E-state index is -0.157. The molecule has 0 aliphatic rings. The third-order valence-electron chi connectivity index (χ3n) is 1.12. The molecular weight excluding hydrogens is 218 g/mol. The van der Waals surface area contributed by atoms with Crippen LogP contribution in [0.2, 0.25) is 0 Å². The van der Waals surface area contributed by atoms with E-state index in [2.05, 4.69) is 20.9 Å². The Morgan fingerprint density at radius 1 is 1.33 bits per heavy atom. The zero-order chi connectivity index (χ0) is 9.19. The highest BCUT2D eigenvalue weighted by Crippen LogP contribution is 2.18. The lowest BCUT2D eigenvalue weighted by Gasteiger charge is -2.20. The van der Waals surface area contributed by atoms with Crippen molar-refractivity contribution in [2.75, 3.05) is 0 Å². The summed E-state index contributed by atoms with van der Waals surface area (Å²) in [5.41, 5.74) is -0.157. The molecule has 0 aliphatic carbocycles. The predicted molar refractivity (Wildman–Crippen MR) is 52.3 cm³/mol. The van der Waals surface area contributed by atoms with E-state index in [-0.39, 0.29) is 5.60 Å². The Labute approximate surface area is 81.1 Å². The van der Waals surface area contributed by atoms with Gasteiger partial charge in [0.1, 0.15) is 16.0 Å². The van der Waals surface area contributed by atoms with Crippen LogP contribution in [-0.4, -0.2) is 10.6 Å². The second kappa shape index (κ2) is 3.44. The Morgan fingerprint density at radius 2 is 2.00 bits per heavy atom. The van der Waals surface area contributed by atoms with Gasteiger partial charge in [0.15, 0.2) is 0 Å². The van der Waals surface area contributed by atoms with Crippen molar-refractivity contribution in [2.24, 2.45) is 0 Å². The van der Waals surface area contributed by atoms with Crippen molar-refractivity contribution in [1.82, 2.24) is 4.98 Å². The largest absolute Gasteiger partial charge is 0.487 e. The van der Waals surface area contributed by atoms with Gasteiger partial charge in [-0.3, -0.25) is 0 Å². The van der Waals surface area contributed by atoms with Crippen molar-refractivity contribution >= 4 is 15.9 Å². The van der Waals surface area contributed by atoms with Crippen LogP contribution >= 0.6 is 15.9 Å². The molecule has 0 aliphatic heterocycles. The van der Waals surface area contributed by atoms with Crippen LogP contribution in [0.25, 0.3) is 0 Å². The lowest BCUT2D eigenvalue weighted by atomic mass is 10.2. The van der Waals surface area contributed by atoms with Gasteiger partial charge < -0.3 is 4.74 Å². The first-order chi connectivity index (χ1) is 5.47. The summed E-state index contributed by atoms with van der Waals surface area (Å²) in [5, 5.41) is 0. The molecule has 0 amide bonds. The monoisotopic (exact) mass is 229 g/mol. The Balaban J connectivity index is 2.71. The molecule has 2 nitrogen and oxygen atoms in total. The third-order valence-corrected chi connectivity index (χ3v) is 1.59.